The molecule has 0 radical (unpaired) electrons. The van der Waals surface area contributed by atoms with Gasteiger partial charge in [0.15, 0.2) is 0 Å². The van der Waals surface area contributed by atoms with Gasteiger partial charge >= 0.3 is 6.03 Å². The van der Waals surface area contributed by atoms with Crippen molar-refractivity contribution in [3.8, 4) is 0 Å². The van der Waals surface area contributed by atoms with Crippen LogP contribution in [0.3, 0.4) is 0 Å². The molecule has 3 rings (SSSR count). The molecular formula is C15H20N4OS. The number of hydrogen-bond acceptors (Lipinski definition) is 4. The molecule has 2 amide bonds. The molecule has 0 saturated heterocycles. The van der Waals surface area contributed by atoms with E-state index in [1.54, 1.807) is 4.90 Å². The van der Waals surface area contributed by atoms with Crippen LogP contribution in [0.15, 0.2) is 18.2 Å². The molecule has 1 aromatic heterocycles. The lowest BCUT2D eigenvalue weighted by atomic mass is 9.96. The molecule has 0 spiro atoms. The number of urea groups is 1. The Bertz CT molecular complexity index is 621. The molecule has 0 unspecified atom stereocenters. The van der Waals surface area contributed by atoms with E-state index in [0.29, 0.717) is 12.6 Å². The molecule has 0 atom stereocenters. The quantitative estimate of drug-likeness (QED) is 0.947. The molecule has 0 aliphatic heterocycles. The van der Waals surface area contributed by atoms with Crippen molar-refractivity contribution in [3.63, 3.8) is 0 Å². The van der Waals surface area contributed by atoms with E-state index in [9.17, 15) is 4.79 Å². The molecule has 1 heterocycles. The van der Waals surface area contributed by atoms with Crippen LogP contribution in [0.1, 0.15) is 37.7 Å². The Morgan fingerprint density at radius 3 is 2.86 bits per heavy atom. The highest BCUT2D eigenvalue weighted by Gasteiger charge is 2.18. The third kappa shape index (κ3) is 3.50. The molecule has 0 bridgehead atoms. The van der Waals surface area contributed by atoms with Crippen LogP contribution in [-0.4, -0.2) is 32.8 Å². The van der Waals surface area contributed by atoms with Crippen LogP contribution < -0.4 is 5.32 Å². The van der Waals surface area contributed by atoms with Crippen molar-refractivity contribution < 1.29 is 4.79 Å². The molecule has 1 aliphatic rings. The monoisotopic (exact) mass is 304 g/mol. The maximum atomic E-state index is 12.2. The van der Waals surface area contributed by atoms with Crippen molar-refractivity contribution in [3.05, 3.63) is 23.8 Å². The number of carbonyl (C=O) groups is 1. The van der Waals surface area contributed by atoms with E-state index in [4.69, 9.17) is 0 Å². The number of carbonyl (C=O) groups excluding carboxylic acids is 1. The zero-order valence-corrected chi connectivity index (χ0v) is 13.0. The molecule has 1 aliphatic carbocycles. The van der Waals surface area contributed by atoms with E-state index in [2.05, 4.69) is 14.1 Å². The number of amides is 2. The highest BCUT2D eigenvalue weighted by molar-refractivity contribution is 7.00. The number of nitrogens with zero attached hydrogens (tertiary/aromatic N) is 3. The maximum Gasteiger partial charge on any atom is 0.317 e. The largest absolute Gasteiger partial charge is 0.335 e. The second-order valence-corrected chi connectivity index (χ2v) is 6.26. The Labute approximate surface area is 128 Å². The van der Waals surface area contributed by atoms with Crippen molar-refractivity contribution >= 4 is 28.8 Å². The zero-order chi connectivity index (χ0) is 14.7. The molecule has 112 valence electrons. The molecule has 1 fully saturated rings. The molecule has 5 nitrogen and oxygen atoms in total. The highest BCUT2D eigenvalue weighted by atomic mass is 32.1. The van der Waals surface area contributed by atoms with Crippen LogP contribution in [0.2, 0.25) is 0 Å². The molecule has 1 saturated carbocycles. The normalized spacial score (nSPS) is 16.0. The molecule has 1 N–H and O–H groups in total. The lowest BCUT2D eigenvalue weighted by molar-refractivity contribution is 0.198. The fourth-order valence-electron chi connectivity index (χ4n) is 2.80. The summed E-state index contributed by atoms with van der Waals surface area (Å²) < 4.78 is 8.43. The van der Waals surface area contributed by atoms with Gasteiger partial charge in [0.05, 0.1) is 11.7 Å². The van der Waals surface area contributed by atoms with E-state index in [-0.39, 0.29) is 6.03 Å². The second-order valence-electron chi connectivity index (χ2n) is 5.73. The third-order valence-electron chi connectivity index (χ3n) is 4.02. The first-order valence-electron chi connectivity index (χ1n) is 7.45. The van der Waals surface area contributed by atoms with Crippen molar-refractivity contribution in [1.29, 1.82) is 0 Å². The summed E-state index contributed by atoms with van der Waals surface area (Å²) in [5, 5.41) is 3.13. The maximum absolute atomic E-state index is 12.2. The summed E-state index contributed by atoms with van der Waals surface area (Å²) in [6.45, 7) is 0.589. The summed E-state index contributed by atoms with van der Waals surface area (Å²) in [5.74, 6) is 0. The van der Waals surface area contributed by atoms with Crippen molar-refractivity contribution in [2.75, 3.05) is 7.05 Å². The Hall–Kier alpha value is -1.69. The Kier molecular flexibility index (Phi) is 4.34. The topological polar surface area (TPSA) is 58.1 Å². The second kappa shape index (κ2) is 6.39. The standard InChI is InChI=1S/C15H20N4OS/c1-19(15(20)16-12-5-3-2-4-6-12)10-11-7-8-13-14(9-11)18-21-17-13/h7-9,12H,2-6,10H2,1H3,(H,16,20). The summed E-state index contributed by atoms with van der Waals surface area (Å²) in [4.78, 5) is 13.9. The molecule has 1 aromatic carbocycles. The number of aromatic nitrogens is 2. The average Bonchev–Trinajstić information content (AvgIpc) is 2.95. The summed E-state index contributed by atoms with van der Waals surface area (Å²) in [5.41, 5.74) is 2.90. The van der Waals surface area contributed by atoms with E-state index >= 15 is 0 Å². The average molecular weight is 304 g/mol. The van der Waals surface area contributed by atoms with E-state index < -0.39 is 0 Å². The predicted octanol–water partition coefficient (Wildman–Crippen LogP) is 3.17. The number of nitrogens with one attached hydrogen (secondary N) is 1. The summed E-state index contributed by atoms with van der Waals surface area (Å²) in [7, 11) is 1.83. The van der Waals surface area contributed by atoms with Crippen molar-refractivity contribution in [1.82, 2.24) is 19.0 Å². The first kappa shape index (κ1) is 14.3. The first-order valence-corrected chi connectivity index (χ1v) is 8.18. The van der Waals surface area contributed by atoms with E-state index in [1.807, 2.05) is 25.2 Å². The van der Waals surface area contributed by atoms with Gasteiger partial charge < -0.3 is 10.2 Å². The van der Waals surface area contributed by atoms with Crippen LogP contribution >= 0.6 is 11.7 Å². The minimum Gasteiger partial charge on any atom is -0.335 e. The lowest BCUT2D eigenvalue weighted by Gasteiger charge is -2.26. The number of rotatable bonds is 3. The molecular weight excluding hydrogens is 284 g/mol. The van der Waals surface area contributed by atoms with Gasteiger partial charge in [0.25, 0.3) is 0 Å². The summed E-state index contributed by atoms with van der Waals surface area (Å²) in [6.07, 6.45) is 5.96. The number of hydrogen-bond donors (Lipinski definition) is 1. The fraction of sp³-hybridized carbons (Fsp3) is 0.533. The lowest BCUT2D eigenvalue weighted by Crippen LogP contribution is -2.43. The number of fused-ring (bicyclic) bond motifs is 1. The highest BCUT2D eigenvalue weighted by Crippen LogP contribution is 2.18. The van der Waals surface area contributed by atoms with Gasteiger partial charge in [-0.25, -0.2) is 4.79 Å². The van der Waals surface area contributed by atoms with Gasteiger partial charge in [0, 0.05) is 19.6 Å². The van der Waals surface area contributed by atoms with E-state index in [1.165, 1.54) is 31.0 Å². The van der Waals surface area contributed by atoms with Crippen LogP contribution in [0.25, 0.3) is 11.0 Å². The van der Waals surface area contributed by atoms with Gasteiger partial charge in [-0.15, -0.1) is 0 Å². The Morgan fingerprint density at radius 1 is 1.29 bits per heavy atom. The van der Waals surface area contributed by atoms with Crippen LogP contribution in [0.5, 0.6) is 0 Å². The molecule has 21 heavy (non-hydrogen) atoms. The van der Waals surface area contributed by atoms with Gasteiger partial charge in [0.2, 0.25) is 0 Å². The molecule has 2 aromatic rings. The van der Waals surface area contributed by atoms with E-state index in [0.717, 1.165) is 29.4 Å². The smallest absolute Gasteiger partial charge is 0.317 e. The van der Waals surface area contributed by atoms with Gasteiger partial charge in [-0.05, 0) is 30.5 Å². The number of benzene rings is 1. The fourth-order valence-corrected chi connectivity index (χ4v) is 3.32. The van der Waals surface area contributed by atoms with Gasteiger partial charge in [-0.2, -0.15) is 8.75 Å². The van der Waals surface area contributed by atoms with Crippen molar-refractivity contribution in [2.45, 2.75) is 44.7 Å². The SMILES string of the molecule is CN(Cc1ccc2nsnc2c1)C(=O)NC1CCCCC1. The van der Waals surface area contributed by atoms with Crippen LogP contribution in [0, 0.1) is 0 Å². The third-order valence-corrected chi connectivity index (χ3v) is 4.57. The Morgan fingerprint density at radius 2 is 2.05 bits per heavy atom. The minimum absolute atomic E-state index is 0.0124. The first-order chi connectivity index (χ1) is 10.2. The minimum atomic E-state index is 0.0124. The summed E-state index contributed by atoms with van der Waals surface area (Å²) >= 11 is 1.22. The Balaban J connectivity index is 1.59. The van der Waals surface area contributed by atoms with Gasteiger partial charge in [0.1, 0.15) is 11.0 Å². The summed E-state index contributed by atoms with van der Waals surface area (Å²) in [6, 6.07) is 6.33. The van der Waals surface area contributed by atoms with Crippen LogP contribution in [0.4, 0.5) is 4.79 Å². The van der Waals surface area contributed by atoms with Crippen LogP contribution in [-0.2, 0) is 6.54 Å². The molecule has 6 heteroatoms. The van der Waals surface area contributed by atoms with Crippen molar-refractivity contribution in [2.24, 2.45) is 0 Å². The zero-order valence-electron chi connectivity index (χ0n) is 12.2. The van der Waals surface area contributed by atoms with Gasteiger partial charge in [-0.1, -0.05) is 25.3 Å². The van der Waals surface area contributed by atoms with Gasteiger partial charge in [-0.3, -0.25) is 0 Å². The predicted molar refractivity (Wildman–Crippen MR) is 84.3 cm³/mol.